The van der Waals surface area contributed by atoms with Gasteiger partial charge in [0.2, 0.25) is 0 Å². The monoisotopic (exact) mass is 243 g/mol. The van der Waals surface area contributed by atoms with E-state index in [9.17, 15) is 9.59 Å². The molecule has 1 aliphatic carbocycles. The standard InChI is InChI=1S/C10H15NO2S.C2H6/c1-7(12)6-11-9(8(2)13)5-10(14-11)3-4-10;1-2/h9H,3-6H2,1-2H3;1-2H3. The van der Waals surface area contributed by atoms with Crippen LogP contribution >= 0.6 is 11.9 Å². The molecule has 0 radical (unpaired) electrons. The number of nitrogens with zero attached hydrogens (tertiary/aromatic N) is 1. The maximum atomic E-state index is 11.4. The van der Waals surface area contributed by atoms with Gasteiger partial charge in [0.15, 0.2) is 0 Å². The third-order valence-corrected chi connectivity index (χ3v) is 4.46. The lowest BCUT2D eigenvalue weighted by atomic mass is 10.1. The Labute approximate surface area is 102 Å². The first-order valence-corrected chi connectivity index (χ1v) is 6.75. The Morgan fingerprint density at radius 2 is 1.88 bits per heavy atom. The van der Waals surface area contributed by atoms with Gasteiger partial charge in [-0.25, -0.2) is 4.31 Å². The summed E-state index contributed by atoms with van der Waals surface area (Å²) in [4.78, 5) is 22.4. The van der Waals surface area contributed by atoms with E-state index in [1.165, 1.54) is 12.8 Å². The molecule has 1 spiro atoms. The van der Waals surface area contributed by atoms with Crippen molar-refractivity contribution in [1.29, 1.82) is 0 Å². The van der Waals surface area contributed by atoms with Crippen LogP contribution in [0.4, 0.5) is 0 Å². The van der Waals surface area contributed by atoms with Gasteiger partial charge >= 0.3 is 0 Å². The SMILES string of the molecule is CC.CC(=O)CN1SC2(CC2)CC1C(C)=O. The molecule has 0 aromatic carbocycles. The second-order valence-electron chi connectivity index (χ2n) is 4.38. The zero-order valence-corrected chi connectivity index (χ0v) is 11.4. The predicted molar refractivity (Wildman–Crippen MR) is 67.4 cm³/mol. The molecular weight excluding hydrogens is 222 g/mol. The molecule has 2 rings (SSSR count). The molecule has 3 nitrogen and oxygen atoms in total. The van der Waals surface area contributed by atoms with Gasteiger partial charge in [-0.3, -0.25) is 9.59 Å². The predicted octanol–water partition coefficient (Wildman–Crippen LogP) is 2.45. The number of hydrogen-bond acceptors (Lipinski definition) is 4. The van der Waals surface area contributed by atoms with E-state index in [4.69, 9.17) is 0 Å². The van der Waals surface area contributed by atoms with Crippen molar-refractivity contribution in [2.45, 2.75) is 57.7 Å². The van der Waals surface area contributed by atoms with Crippen LogP contribution in [-0.4, -0.2) is 33.2 Å². The highest BCUT2D eigenvalue weighted by Gasteiger charge is 2.54. The molecule has 2 fully saturated rings. The van der Waals surface area contributed by atoms with Crippen LogP contribution < -0.4 is 0 Å². The summed E-state index contributed by atoms with van der Waals surface area (Å²) >= 11 is 1.74. The lowest BCUT2D eigenvalue weighted by molar-refractivity contribution is -0.121. The average Bonchev–Trinajstić information content (AvgIpc) is 2.85. The third-order valence-electron chi connectivity index (χ3n) is 2.88. The van der Waals surface area contributed by atoms with Gasteiger partial charge in [0.05, 0.1) is 12.6 Å². The smallest absolute Gasteiger partial charge is 0.147 e. The van der Waals surface area contributed by atoms with E-state index >= 15 is 0 Å². The Morgan fingerprint density at radius 3 is 2.25 bits per heavy atom. The largest absolute Gasteiger partial charge is 0.299 e. The number of hydrogen-bond donors (Lipinski definition) is 0. The van der Waals surface area contributed by atoms with Crippen molar-refractivity contribution in [2.75, 3.05) is 6.54 Å². The summed E-state index contributed by atoms with van der Waals surface area (Å²) in [6.45, 7) is 7.62. The molecule has 16 heavy (non-hydrogen) atoms. The van der Waals surface area contributed by atoms with Gasteiger partial charge in [-0.05, 0) is 33.1 Å². The Kier molecular flexibility index (Phi) is 4.56. The Balaban J connectivity index is 0.000000606. The zero-order chi connectivity index (χ0) is 12.3. The van der Waals surface area contributed by atoms with Gasteiger partial charge in [0.25, 0.3) is 0 Å². The fraction of sp³-hybridized carbons (Fsp3) is 0.833. The van der Waals surface area contributed by atoms with Gasteiger partial charge in [-0.15, -0.1) is 0 Å². The second kappa shape index (κ2) is 5.32. The summed E-state index contributed by atoms with van der Waals surface area (Å²) in [7, 11) is 0. The molecule has 0 aromatic rings. The summed E-state index contributed by atoms with van der Waals surface area (Å²) in [5, 5.41) is 0. The van der Waals surface area contributed by atoms with Crippen LogP contribution in [0.3, 0.4) is 0 Å². The van der Waals surface area contributed by atoms with Crippen molar-refractivity contribution in [3.05, 3.63) is 0 Å². The number of Topliss-reactive ketones (excluding diaryl/α,β-unsaturated/α-hetero) is 2. The first-order chi connectivity index (χ1) is 7.52. The fourth-order valence-electron chi connectivity index (χ4n) is 1.95. The summed E-state index contributed by atoms with van der Waals surface area (Å²) in [5.41, 5.74) is 0. The highest BCUT2D eigenvalue weighted by atomic mass is 32.2. The average molecular weight is 243 g/mol. The van der Waals surface area contributed by atoms with E-state index in [1.54, 1.807) is 25.8 Å². The van der Waals surface area contributed by atoms with Crippen molar-refractivity contribution in [2.24, 2.45) is 0 Å². The maximum Gasteiger partial charge on any atom is 0.147 e. The van der Waals surface area contributed by atoms with Crippen LogP contribution in [0, 0.1) is 0 Å². The van der Waals surface area contributed by atoms with Gasteiger partial charge in [0, 0.05) is 4.75 Å². The van der Waals surface area contributed by atoms with Crippen LogP contribution in [0.15, 0.2) is 0 Å². The molecule has 1 saturated heterocycles. The number of rotatable bonds is 3. The Bertz CT molecular complexity index is 287. The van der Waals surface area contributed by atoms with E-state index in [0.717, 1.165) is 6.42 Å². The normalized spacial score (nSPS) is 26.1. The van der Waals surface area contributed by atoms with E-state index in [0.29, 0.717) is 11.3 Å². The lowest BCUT2D eigenvalue weighted by Crippen LogP contribution is -2.33. The van der Waals surface area contributed by atoms with E-state index < -0.39 is 0 Å². The van der Waals surface area contributed by atoms with Crippen molar-refractivity contribution in [1.82, 2.24) is 4.31 Å². The molecule has 0 amide bonds. The van der Waals surface area contributed by atoms with Gasteiger partial charge in [-0.1, -0.05) is 25.8 Å². The zero-order valence-electron chi connectivity index (χ0n) is 10.6. The molecule has 1 unspecified atom stereocenters. The van der Waals surface area contributed by atoms with Crippen LogP contribution in [0.5, 0.6) is 0 Å². The Hall–Kier alpha value is -0.350. The van der Waals surface area contributed by atoms with Crippen LogP contribution in [-0.2, 0) is 9.59 Å². The Morgan fingerprint density at radius 1 is 1.31 bits per heavy atom. The molecule has 1 atom stereocenters. The number of ketones is 2. The van der Waals surface area contributed by atoms with Crippen molar-refractivity contribution < 1.29 is 9.59 Å². The molecule has 1 aliphatic heterocycles. The first kappa shape index (κ1) is 13.7. The molecular formula is C12H21NO2S. The van der Waals surface area contributed by atoms with Crippen molar-refractivity contribution in [3.63, 3.8) is 0 Å². The number of carbonyl (C=O) groups excluding carboxylic acids is 2. The summed E-state index contributed by atoms with van der Waals surface area (Å²) in [6.07, 6.45) is 3.35. The highest BCUT2D eigenvalue weighted by Crippen LogP contribution is 2.58. The molecule has 4 heteroatoms. The third kappa shape index (κ3) is 3.08. The molecule has 0 bridgehead atoms. The van der Waals surface area contributed by atoms with Gasteiger partial charge in [0.1, 0.15) is 11.6 Å². The molecule has 0 N–H and O–H groups in total. The first-order valence-electron chi connectivity index (χ1n) is 5.98. The maximum absolute atomic E-state index is 11.4. The number of carbonyl (C=O) groups is 2. The summed E-state index contributed by atoms with van der Waals surface area (Å²) in [6, 6.07) is -0.0219. The van der Waals surface area contributed by atoms with Gasteiger partial charge < -0.3 is 0 Å². The van der Waals surface area contributed by atoms with Crippen molar-refractivity contribution in [3.8, 4) is 0 Å². The lowest BCUT2D eigenvalue weighted by Gasteiger charge is -2.18. The summed E-state index contributed by atoms with van der Waals surface area (Å²) in [5.74, 6) is 0.337. The molecule has 0 aromatic heterocycles. The van der Waals surface area contributed by atoms with E-state index in [2.05, 4.69) is 0 Å². The quantitative estimate of drug-likeness (QED) is 0.714. The van der Waals surface area contributed by atoms with Crippen molar-refractivity contribution >= 4 is 23.5 Å². The van der Waals surface area contributed by atoms with E-state index in [-0.39, 0.29) is 17.6 Å². The summed E-state index contributed by atoms with van der Waals surface area (Å²) < 4.78 is 2.31. The molecule has 1 heterocycles. The topological polar surface area (TPSA) is 37.4 Å². The second-order valence-corrected chi connectivity index (χ2v) is 5.90. The van der Waals surface area contributed by atoms with Crippen LogP contribution in [0.2, 0.25) is 0 Å². The van der Waals surface area contributed by atoms with E-state index in [1.807, 2.05) is 18.2 Å². The minimum absolute atomic E-state index is 0.0219. The minimum Gasteiger partial charge on any atom is -0.299 e. The molecule has 1 saturated carbocycles. The fourth-order valence-corrected chi connectivity index (χ4v) is 3.56. The minimum atomic E-state index is -0.0219. The van der Waals surface area contributed by atoms with Crippen LogP contribution in [0.25, 0.3) is 0 Å². The molecule has 92 valence electrons. The molecule has 2 aliphatic rings. The van der Waals surface area contributed by atoms with Gasteiger partial charge in [-0.2, -0.15) is 0 Å². The van der Waals surface area contributed by atoms with Crippen LogP contribution in [0.1, 0.15) is 47.0 Å². The highest BCUT2D eigenvalue weighted by molar-refractivity contribution is 7.99.